The fourth-order valence-electron chi connectivity index (χ4n) is 2.02. The largest absolute Gasteiger partial charge is 0.453 e. The van der Waals surface area contributed by atoms with Crippen LogP contribution < -0.4 is 9.50 Å². The minimum Gasteiger partial charge on any atom is -0.453 e. The lowest BCUT2D eigenvalue weighted by atomic mass is 10.3. The number of amides is 1. The molecule has 0 fully saturated rings. The minimum atomic E-state index is -4.00. The number of aromatic amines is 1. The van der Waals surface area contributed by atoms with Gasteiger partial charge in [0.1, 0.15) is 10.6 Å². The molecule has 2 N–H and O–H groups in total. The van der Waals surface area contributed by atoms with Gasteiger partial charge in [-0.1, -0.05) is 11.6 Å². The lowest BCUT2D eigenvalue weighted by Gasteiger charge is -2.07. The highest BCUT2D eigenvalue weighted by molar-refractivity contribution is 7.87. The molecule has 1 aromatic heterocycles. The topological polar surface area (TPSA) is 110 Å². The quantitative estimate of drug-likeness (QED) is 0.671. The molecule has 10 heteroatoms. The molecule has 0 saturated carbocycles. The predicted octanol–water partition coefficient (Wildman–Crippen LogP) is 3.16. The van der Waals surface area contributed by atoms with Crippen LogP contribution >= 0.6 is 11.6 Å². The van der Waals surface area contributed by atoms with Crippen molar-refractivity contribution in [2.75, 3.05) is 12.4 Å². The number of hydrogen-bond acceptors (Lipinski definition) is 6. The Kier molecular flexibility index (Phi) is 4.51. The number of aromatic nitrogens is 2. The fraction of sp³-hybridized carbons (Fsp3) is 0.0667. The summed E-state index contributed by atoms with van der Waals surface area (Å²) < 4.78 is 34.1. The highest BCUT2D eigenvalue weighted by Crippen LogP contribution is 2.24. The average Bonchev–Trinajstić information content (AvgIpc) is 2.96. The van der Waals surface area contributed by atoms with Crippen molar-refractivity contribution >= 4 is 44.8 Å². The molecule has 3 aromatic rings. The number of imidazole rings is 1. The predicted molar refractivity (Wildman–Crippen MR) is 91.4 cm³/mol. The van der Waals surface area contributed by atoms with Gasteiger partial charge < -0.3 is 13.9 Å². The summed E-state index contributed by atoms with van der Waals surface area (Å²) in [6.45, 7) is 0. The van der Waals surface area contributed by atoms with Gasteiger partial charge in [-0.2, -0.15) is 8.42 Å². The Morgan fingerprint density at radius 1 is 1.20 bits per heavy atom. The molecule has 0 bridgehead atoms. The van der Waals surface area contributed by atoms with E-state index in [0.29, 0.717) is 16.1 Å². The zero-order valence-electron chi connectivity index (χ0n) is 12.8. The zero-order valence-corrected chi connectivity index (χ0v) is 14.4. The molecule has 1 heterocycles. The maximum Gasteiger partial charge on any atom is 0.413 e. The number of nitrogens with one attached hydrogen (secondary N) is 2. The molecule has 0 spiro atoms. The third-order valence-electron chi connectivity index (χ3n) is 3.17. The van der Waals surface area contributed by atoms with E-state index in [9.17, 15) is 13.2 Å². The number of ether oxygens (including phenoxy) is 1. The molecule has 0 saturated heterocycles. The maximum absolute atomic E-state index is 12.3. The molecule has 8 nitrogen and oxygen atoms in total. The van der Waals surface area contributed by atoms with Gasteiger partial charge >= 0.3 is 16.2 Å². The van der Waals surface area contributed by atoms with Crippen molar-refractivity contribution in [1.29, 1.82) is 0 Å². The van der Waals surface area contributed by atoms with Crippen molar-refractivity contribution in [3.63, 3.8) is 0 Å². The van der Waals surface area contributed by atoms with Crippen molar-refractivity contribution in [3.05, 3.63) is 47.5 Å². The second kappa shape index (κ2) is 6.61. The van der Waals surface area contributed by atoms with Gasteiger partial charge in [-0.05, 0) is 36.4 Å². The van der Waals surface area contributed by atoms with Crippen molar-refractivity contribution in [2.24, 2.45) is 0 Å². The SMILES string of the molecule is COC(=O)Nc1nc2ccc(OS(=O)(=O)c3ccc(Cl)cc3)cc2[nH]1. The molecular formula is C15H12ClN3O5S. The first-order valence-electron chi connectivity index (χ1n) is 6.92. The van der Waals surface area contributed by atoms with Gasteiger partial charge in [0.25, 0.3) is 0 Å². The van der Waals surface area contributed by atoms with Crippen LogP contribution in [0.5, 0.6) is 5.75 Å². The van der Waals surface area contributed by atoms with E-state index in [4.69, 9.17) is 15.8 Å². The average molecular weight is 382 g/mol. The van der Waals surface area contributed by atoms with Crippen LogP contribution in [0.4, 0.5) is 10.7 Å². The molecule has 25 heavy (non-hydrogen) atoms. The second-order valence-electron chi connectivity index (χ2n) is 4.87. The van der Waals surface area contributed by atoms with Gasteiger partial charge in [-0.15, -0.1) is 0 Å². The Morgan fingerprint density at radius 3 is 2.60 bits per heavy atom. The number of nitrogens with zero attached hydrogens (tertiary/aromatic N) is 1. The van der Waals surface area contributed by atoms with Gasteiger partial charge in [0, 0.05) is 11.1 Å². The molecule has 0 aliphatic rings. The summed E-state index contributed by atoms with van der Waals surface area (Å²) in [6.07, 6.45) is -0.680. The summed E-state index contributed by atoms with van der Waals surface area (Å²) in [4.78, 5) is 18.1. The number of carbonyl (C=O) groups is 1. The van der Waals surface area contributed by atoms with Crippen LogP contribution in [-0.4, -0.2) is 31.6 Å². The first-order valence-corrected chi connectivity index (χ1v) is 8.71. The van der Waals surface area contributed by atoms with Gasteiger partial charge in [0.2, 0.25) is 5.95 Å². The van der Waals surface area contributed by atoms with Crippen LogP contribution in [0.3, 0.4) is 0 Å². The Bertz CT molecular complexity index is 1030. The van der Waals surface area contributed by atoms with Crippen LogP contribution in [0.15, 0.2) is 47.4 Å². The van der Waals surface area contributed by atoms with E-state index >= 15 is 0 Å². The van der Waals surface area contributed by atoms with Crippen LogP contribution in [-0.2, 0) is 14.9 Å². The summed E-state index contributed by atoms with van der Waals surface area (Å²) in [6, 6.07) is 10.1. The number of halogens is 1. The summed E-state index contributed by atoms with van der Waals surface area (Å²) in [7, 11) is -2.77. The normalized spacial score (nSPS) is 11.3. The van der Waals surface area contributed by atoms with Gasteiger partial charge in [0.15, 0.2) is 0 Å². The van der Waals surface area contributed by atoms with Crippen molar-refractivity contribution in [1.82, 2.24) is 9.97 Å². The summed E-state index contributed by atoms with van der Waals surface area (Å²) in [5.74, 6) is 0.260. The maximum atomic E-state index is 12.3. The molecule has 0 radical (unpaired) electrons. The highest BCUT2D eigenvalue weighted by Gasteiger charge is 2.17. The standard InChI is InChI=1S/C15H12ClN3O5S/c1-23-15(20)19-14-17-12-7-4-10(8-13(12)18-14)24-25(21,22)11-5-2-9(16)3-6-11/h2-8H,1H3,(H2,17,18,19,20). The van der Waals surface area contributed by atoms with E-state index < -0.39 is 16.2 Å². The monoisotopic (exact) mass is 381 g/mol. The summed E-state index contributed by atoms with van der Waals surface area (Å²) in [5, 5.41) is 2.80. The second-order valence-corrected chi connectivity index (χ2v) is 6.86. The minimum absolute atomic E-state index is 0.0188. The first-order chi connectivity index (χ1) is 11.9. The number of anilines is 1. The van der Waals surface area contributed by atoms with Crippen LogP contribution in [0.25, 0.3) is 11.0 Å². The fourth-order valence-corrected chi connectivity index (χ4v) is 3.07. The van der Waals surface area contributed by atoms with Crippen molar-refractivity contribution in [3.8, 4) is 5.75 Å². The van der Waals surface area contributed by atoms with E-state index in [1.807, 2.05) is 0 Å². The smallest absolute Gasteiger partial charge is 0.413 e. The molecule has 0 aliphatic heterocycles. The van der Waals surface area contributed by atoms with Crippen LogP contribution in [0.1, 0.15) is 0 Å². The van der Waals surface area contributed by atoms with E-state index in [2.05, 4.69) is 20.0 Å². The molecule has 3 rings (SSSR count). The van der Waals surface area contributed by atoms with Crippen LogP contribution in [0.2, 0.25) is 5.02 Å². The Hall–Kier alpha value is -2.78. The molecule has 0 unspecified atom stereocenters. The summed E-state index contributed by atoms with van der Waals surface area (Å²) in [5.41, 5.74) is 0.998. The van der Waals surface area contributed by atoms with Crippen molar-refractivity contribution < 1.29 is 22.1 Å². The molecular weight excluding hydrogens is 370 g/mol. The Balaban J connectivity index is 1.86. The van der Waals surface area contributed by atoms with E-state index in [1.54, 1.807) is 6.07 Å². The molecule has 1 amide bonds. The molecule has 0 atom stereocenters. The highest BCUT2D eigenvalue weighted by atomic mass is 35.5. The third-order valence-corrected chi connectivity index (χ3v) is 4.68. The lowest BCUT2D eigenvalue weighted by molar-refractivity contribution is 0.186. The Morgan fingerprint density at radius 2 is 1.92 bits per heavy atom. The number of fused-ring (bicyclic) bond motifs is 1. The number of carbonyl (C=O) groups excluding carboxylic acids is 1. The van der Waals surface area contributed by atoms with Gasteiger partial charge in [-0.3, -0.25) is 5.32 Å². The van der Waals surface area contributed by atoms with Crippen LogP contribution in [0, 0.1) is 0 Å². The molecule has 2 aromatic carbocycles. The zero-order chi connectivity index (χ0) is 18.0. The third kappa shape index (κ3) is 3.83. The lowest BCUT2D eigenvalue weighted by Crippen LogP contribution is -2.11. The van der Waals surface area contributed by atoms with Gasteiger partial charge in [-0.25, -0.2) is 9.78 Å². The number of H-pyrrole nitrogens is 1. The molecule has 0 aliphatic carbocycles. The first kappa shape index (κ1) is 17.1. The molecule has 130 valence electrons. The summed E-state index contributed by atoms with van der Waals surface area (Å²) >= 11 is 5.75. The van der Waals surface area contributed by atoms with Crippen molar-refractivity contribution in [2.45, 2.75) is 4.90 Å². The Labute approximate surface area is 147 Å². The number of methoxy groups -OCH3 is 1. The van der Waals surface area contributed by atoms with E-state index in [1.165, 1.54) is 43.5 Å². The van der Waals surface area contributed by atoms with Gasteiger partial charge in [0.05, 0.1) is 18.1 Å². The number of benzene rings is 2. The van der Waals surface area contributed by atoms with E-state index in [0.717, 1.165) is 0 Å². The number of hydrogen-bond donors (Lipinski definition) is 2. The van der Waals surface area contributed by atoms with E-state index in [-0.39, 0.29) is 16.6 Å². The number of rotatable bonds is 4.